The van der Waals surface area contributed by atoms with E-state index in [4.69, 9.17) is 29.4 Å². The van der Waals surface area contributed by atoms with E-state index in [0.717, 1.165) is 0 Å². The number of carboxylic acids is 1. The predicted molar refractivity (Wildman–Crippen MR) is 242 cm³/mol. The van der Waals surface area contributed by atoms with Crippen molar-refractivity contribution in [3.05, 3.63) is 85.1 Å². The van der Waals surface area contributed by atoms with Crippen LogP contribution in [0.5, 0.6) is 0 Å². The molecule has 18 heteroatoms. The van der Waals surface area contributed by atoms with Gasteiger partial charge in [0.1, 0.15) is 18.1 Å². The smallest absolute Gasteiger partial charge is 0.311 e. The van der Waals surface area contributed by atoms with Crippen molar-refractivity contribution < 1.29 is 84.3 Å². The van der Waals surface area contributed by atoms with E-state index in [9.17, 15) is 60.7 Å². The van der Waals surface area contributed by atoms with Gasteiger partial charge in [-0.25, -0.2) is 0 Å². The van der Waals surface area contributed by atoms with Crippen LogP contribution >= 0.6 is 0 Å². The number of methoxy groups -OCH3 is 1. The van der Waals surface area contributed by atoms with Crippen LogP contribution in [-0.2, 0) is 33.3 Å². The van der Waals surface area contributed by atoms with E-state index in [2.05, 4.69) is 0 Å². The summed E-state index contributed by atoms with van der Waals surface area (Å²) in [5.41, 5.74) is 6.05. The van der Waals surface area contributed by atoms with Crippen molar-refractivity contribution in [3.63, 3.8) is 0 Å². The van der Waals surface area contributed by atoms with Gasteiger partial charge in [-0.1, -0.05) is 98.9 Å². The molecule has 2 bridgehead atoms. The van der Waals surface area contributed by atoms with Gasteiger partial charge in [0.15, 0.2) is 12.1 Å². The first-order valence-corrected chi connectivity index (χ1v) is 22.7. The number of hydrogen-bond acceptors (Lipinski definition) is 17. The van der Waals surface area contributed by atoms with E-state index in [-0.39, 0.29) is 38.0 Å². The SMILES string of the molecule is CO[C@@]12C[C@@H](O)C[C@@H](O)[C@H](O)CC[C@@H](O)C[C@@H](O)CC(=O)O[C@@H](C)[C@H](C)[C@H](O)[C@@H](C)/C=C/C=C/C=C/C=C/C=C/C=C/C=C/[C@H](O[C@@H]3O[C@H](C)[C@@H](O)[C@H](N)[C@@H]3O)C[C@H](O1)[C@H](C(=O)O)[C@@H](O)C2. The fraction of sp³-hybridized carbons (Fsp3) is 0.667. The molecular formula is C48H75NO17. The van der Waals surface area contributed by atoms with Gasteiger partial charge in [0.2, 0.25) is 0 Å². The number of nitrogens with two attached hydrogens (primary N) is 1. The average Bonchev–Trinajstić information content (AvgIpc) is 3.24. The van der Waals surface area contributed by atoms with E-state index >= 15 is 0 Å². The van der Waals surface area contributed by atoms with Crippen LogP contribution in [0.25, 0.3) is 0 Å². The molecule has 66 heavy (non-hydrogen) atoms. The Hall–Kier alpha value is -3.44. The number of carbonyl (C=O) groups is 2. The van der Waals surface area contributed by atoms with Crippen LogP contribution in [-0.4, -0.2) is 168 Å². The number of fused-ring (bicyclic) bond motifs is 2. The topological polar surface area (TPSA) is 309 Å². The number of esters is 1. The average molecular weight is 938 g/mol. The van der Waals surface area contributed by atoms with Crippen molar-refractivity contribution in [2.24, 2.45) is 23.5 Å². The fourth-order valence-corrected chi connectivity index (χ4v) is 8.16. The lowest BCUT2D eigenvalue weighted by molar-refractivity contribution is -0.317. The van der Waals surface area contributed by atoms with Crippen molar-refractivity contribution in [1.82, 2.24) is 0 Å². The molecule has 0 unspecified atom stereocenters. The lowest BCUT2D eigenvalue weighted by Gasteiger charge is -2.47. The van der Waals surface area contributed by atoms with Crippen LogP contribution in [0.3, 0.4) is 0 Å². The van der Waals surface area contributed by atoms with E-state index in [1.54, 1.807) is 75.5 Å². The number of carboxylic acid groups (broad SMARTS) is 1. The van der Waals surface area contributed by atoms with Gasteiger partial charge in [0.05, 0.1) is 79.6 Å². The van der Waals surface area contributed by atoms with Crippen LogP contribution < -0.4 is 5.73 Å². The molecule has 0 aliphatic carbocycles. The van der Waals surface area contributed by atoms with Gasteiger partial charge in [-0.15, -0.1) is 0 Å². The Balaban J connectivity index is 1.89. The molecule has 0 saturated carbocycles. The van der Waals surface area contributed by atoms with Crippen LogP contribution in [0.15, 0.2) is 85.1 Å². The summed E-state index contributed by atoms with van der Waals surface area (Å²) in [7, 11) is 1.25. The van der Waals surface area contributed by atoms with Gasteiger partial charge in [-0.2, -0.15) is 0 Å². The van der Waals surface area contributed by atoms with Crippen molar-refractivity contribution in [2.45, 2.75) is 177 Å². The second-order valence-corrected chi connectivity index (χ2v) is 17.7. The van der Waals surface area contributed by atoms with Gasteiger partial charge in [-0.05, 0) is 33.1 Å². The number of hydrogen-bond donors (Lipinski definition) is 11. The normalized spacial score (nSPS) is 45.0. The van der Waals surface area contributed by atoms with Gasteiger partial charge >= 0.3 is 11.9 Å². The minimum Gasteiger partial charge on any atom is -0.481 e. The van der Waals surface area contributed by atoms with Gasteiger partial charge in [-0.3, -0.25) is 9.59 Å². The Morgan fingerprint density at radius 1 is 0.667 bits per heavy atom. The number of carbonyl (C=O) groups excluding carboxylic acids is 1. The molecule has 0 aromatic rings. The molecule has 0 spiro atoms. The molecule has 0 radical (unpaired) electrons. The lowest BCUT2D eigenvalue weighted by atomic mass is 9.82. The highest BCUT2D eigenvalue weighted by atomic mass is 16.7. The molecule has 0 aromatic heterocycles. The minimum atomic E-state index is -1.78. The number of aliphatic hydroxyl groups is 9. The summed E-state index contributed by atoms with van der Waals surface area (Å²) in [5, 5.41) is 108. The number of cyclic esters (lactones) is 1. The van der Waals surface area contributed by atoms with Crippen molar-refractivity contribution in [2.75, 3.05) is 7.11 Å². The molecule has 2 fully saturated rings. The van der Waals surface area contributed by atoms with Crippen LogP contribution in [0.1, 0.15) is 79.1 Å². The van der Waals surface area contributed by atoms with E-state index in [0.29, 0.717) is 0 Å². The minimum absolute atomic E-state index is 0.0813. The van der Waals surface area contributed by atoms with Crippen LogP contribution in [0.4, 0.5) is 0 Å². The monoisotopic (exact) mass is 938 g/mol. The van der Waals surface area contributed by atoms with Crippen molar-refractivity contribution in [1.29, 1.82) is 0 Å². The molecule has 18 nitrogen and oxygen atoms in total. The number of rotatable bonds is 4. The fourth-order valence-electron chi connectivity index (χ4n) is 8.16. The van der Waals surface area contributed by atoms with E-state index < -0.39 is 141 Å². The molecule has 3 heterocycles. The highest BCUT2D eigenvalue weighted by Crippen LogP contribution is 2.40. The maximum Gasteiger partial charge on any atom is 0.311 e. The zero-order valence-electron chi connectivity index (χ0n) is 38.5. The highest BCUT2D eigenvalue weighted by Gasteiger charge is 2.52. The summed E-state index contributed by atoms with van der Waals surface area (Å²) in [6.45, 7) is 6.79. The van der Waals surface area contributed by atoms with Crippen molar-refractivity contribution >= 4 is 11.9 Å². The Bertz CT molecular complexity index is 1680. The highest BCUT2D eigenvalue weighted by molar-refractivity contribution is 5.71. The molecule has 2 saturated heterocycles. The second-order valence-electron chi connectivity index (χ2n) is 17.7. The first-order chi connectivity index (χ1) is 31.2. The summed E-state index contributed by atoms with van der Waals surface area (Å²) in [5.74, 6) is -6.12. The summed E-state index contributed by atoms with van der Waals surface area (Å²) < 4.78 is 29.3. The second kappa shape index (κ2) is 28.1. The molecule has 19 atom stereocenters. The largest absolute Gasteiger partial charge is 0.481 e. The summed E-state index contributed by atoms with van der Waals surface area (Å²) in [4.78, 5) is 25.2. The summed E-state index contributed by atoms with van der Waals surface area (Å²) in [6.07, 6.45) is 5.15. The van der Waals surface area contributed by atoms with Crippen LogP contribution in [0, 0.1) is 17.8 Å². The maximum absolute atomic E-state index is 12.6. The summed E-state index contributed by atoms with van der Waals surface area (Å²) >= 11 is 0. The molecule has 374 valence electrons. The zero-order chi connectivity index (χ0) is 49.1. The summed E-state index contributed by atoms with van der Waals surface area (Å²) in [6, 6.07) is -1.13. The third-order valence-electron chi connectivity index (χ3n) is 12.4. The Morgan fingerprint density at radius 3 is 1.82 bits per heavy atom. The van der Waals surface area contributed by atoms with Gasteiger partial charge in [0, 0.05) is 44.6 Å². The molecular weight excluding hydrogens is 863 g/mol. The standard InChI is InChI=1S/C48H75NO17/c1-28-18-16-14-12-10-8-6-7-9-11-13-15-17-19-35(65-47-45(59)42(49)44(58)31(4)64-47)25-39-41(46(60)61)38(55)27-48(62-5,66-39)26-34(52)23-37(54)36(53)21-20-32(50)22-33(51)24-40(56)63-30(3)29(2)43(28)57/h6-19,28-39,41-45,47,50-55,57-59H,20-27,49H2,1-5H3,(H,60,61)/b7-6+,10-8+,11-9+,14-12+,15-13+,18-16+,19-17+/t28-,29-,30-,31+,32+,33+,34-,35-,36+,37+,38-,39-,41+,42-,43+,44+,45-,47-,48-/m0/s1. The third kappa shape index (κ3) is 18.2. The maximum atomic E-state index is 12.6. The first-order valence-electron chi connectivity index (χ1n) is 22.7. The van der Waals surface area contributed by atoms with Gasteiger partial charge < -0.3 is 80.5 Å². The van der Waals surface area contributed by atoms with Crippen molar-refractivity contribution in [3.8, 4) is 0 Å². The quantitative estimate of drug-likeness (QED) is 0.177. The Labute approximate surface area is 387 Å². The molecule has 3 aliphatic heterocycles. The molecule has 3 aliphatic rings. The van der Waals surface area contributed by atoms with E-state index in [1.165, 1.54) is 7.11 Å². The first kappa shape index (κ1) is 56.9. The predicted octanol–water partition coefficient (Wildman–Crippen LogP) is 1.37. The molecule has 0 amide bonds. The molecule has 3 rings (SSSR count). The molecule has 0 aromatic carbocycles. The molecule has 12 N–H and O–H groups in total. The van der Waals surface area contributed by atoms with E-state index in [1.807, 2.05) is 37.3 Å². The van der Waals surface area contributed by atoms with Gasteiger partial charge in [0.25, 0.3) is 0 Å². The number of aliphatic carboxylic acids is 1. The van der Waals surface area contributed by atoms with Crippen LogP contribution in [0.2, 0.25) is 0 Å². The number of ether oxygens (including phenoxy) is 5. The number of aliphatic hydroxyl groups excluding tert-OH is 9. The lowest BCUT2D eigenvalue weighted by Crippen LogP contribution is -2.61. The third-order valence-corrected chi connectivity index (χ3v) is 12.4. The Kier molecular flexibility index (Phi) is 24.3. The number of allylic oxidation sites excluding steroid dienone is 12. The zero-order valence-corrected chi connectivity index (χ0v) is 38.5. The Morgan fingerprint density at radius 2 is 1.24 bits per heavy atom.